The van der Waals surface area contributed by atoms with Crippen LogP contribution in [0.2, 0.25) is 0 Å². The molecule has 19 heavy (non-hydrogen) atoms. The Labute approximate surface area is 111 Å². The summed E-state index contributed by atoms with van der Waals surface area (Å²) in [5.41, 5.74) is 0. The summed E-state index contributed by atoms with van der Waals surface area (Å²) in [6.07, 6.45) is 3.31. The van der Waals surface area contributed by atoms with Crippen LogP contribution in [-0.2, 0) is 28.2 Å². The summed E-state index contributed by atoms with van der Waals surface area (Å²) >= 11 is 0. The summed E-state index contributed by atoms with van der Waals surface area (Å²) in [6.45, 7) is 0.824. The van der Waals surface area contributed by atoms with Crippen molar-refractivity contribution < 1.29 is 18.3 Å². The summed E-state index contributed by atoms with van der Waals surface area (Å²) in [4.78, 5) is 16.9. The molecule has 1 N–H and O–H groups in total. The molecule has 1 unspecified atom stereocenters. The van der Waals surface area contributed by atoms with E-state index < -0.39 is 21.8 Å². The van der Waals surface area contributed by atoms with Gasteiger partial charge in [0.2, 0.25) is 0 Å². The SMILES string of the molecule is Cn1ccnc1CN1CCS(=O)(=O)CC1CC(=O)O. The number of imidazole rings is 1. The van der Waals surface area contributed by atoms with Crippen LogP contribution >= 0.6 is 0 Å². The first-order valence-electron chi connectivity index (χ1n) is 6.00. The van der Waals surface area contributed by atoms with Gasteiger partial charge in [-0.15, -0.1) is 0 Å². The van der Waals surface area contributed by atoms with Gasteiger partial charge in [-0.05, 0) is 0 Å². The number of rotatable bonds is 4. The lowest BCUT2D eigenvalue weighted by Crippen LogP contribution is -2.49. The lowest BCUT2D eigenvalue weighted by atomic mass is 10.2. The molecular weight excluding hydrogens is 270 g/mol. The lowest BCUT2D eigenvalue weighted by Gasteiger charge is -2.34. The largest absolute Gasteiger partial charge is 0.481 e. The average Bonchev–Trinajstić information content (AvgIpc) is 2.67. The van der Waals surface area contributed by atoms with Gasteiger partial charge >= 0.3 is 5.97 Å². The van der Waals surface area contributed by atoms with Gasteiger partial charge in [0.15, 0.2) is 9.84 Å². The van der Waals surface area contributed by atoms with Crippen LogP contribution in [0.15, 0.2) is 12.4 Å². The van der Waals surface area contributed by atoms with Crippen molar-refractivity contribution in [2.24, 2.45) is 7.05 Å². The van der Waals surface area contributed by atoms with E-state index in [0.717, 1.165) is 5.82 Å². The van der Waals surface area contributed by atoms with Crippen LogP contribution in [-0.4, -0.2) is 58.0 Å². The van der Waals surface area contributed by atoms with Gasteiger partial charge in [0.25, 0.3) is 0 Å². The molecule has 1 aromatic heterocycles. The molecule has 0 aromatic carbocycles. The molecule has 0 radical (unpaired) electrons. The number of carbonyl (C=O) groups is 1. The van der Waals surface area contributed by atoms with Gasteiger partial charge in [0.05, 0.1) is 24.5 Å². The predicted octanol–water partition coefficient (Wildman–Crippen LogP) is -0.506. The van der Waals surface area contributed by atoms with E-state index in [1.54, 1.807) is 6.20 Å². The fourth-order valence-corrected chi connectivity index (χ4v) is 3.84. The highest BCUT2D eigenvalue weighted by molar-refractivity contribution is 7.91. The average molecular weight is 287 g/mol. The Kier molecular flexibility index (Phi) is 3.91. The van der Waals surface area contributed by atoms with Crippen molar-refractivity contribution in [3.8, 4) is 0 Å². The maximum absolute atomic E-state index is 11.6. The molecule has 1 fully saturated rings. The minimum absolute atomic E-state index is 0.0769. The lowest BCUT2D eigenvalue weighted by molar-refractivity contribution is -0.138. The smallest absolute Gasteiger partial charge is 0.304 e. The minimum atomic E-state index is -3.13. The second-order valence-electron chi connectivity index (χ2n) is 4.79. The van der Waals surface area contributed by atoms with Gasteiger partial charge < -0.3 is 9.67 Å². The fourth-order valence-electron chi connectivity index (χ4n) is 2.25. The first-order valence-corrected chi connectivity index (χ1v) is 7.82. The summed E-state index contributed by atoms with van der Waals surface area (Å²) in [5, 5.41) is 8.89. The first kappa shape index (κ1) is 14.0. The van der Waals surface area contributed by atoms with Gasteiger partial charge in [-0.25, -0.2) is 13.4 Å². The molecule has 1 aliphatic rings. The molecule has 0 bridgehead atoms. The van der Waals surface area contributed by atoms with E-state index in [0.29, 0.717) is 13.1 Å². The second-order valence-corrected chi connectivity index (χ2v) is 7.02. The maximum Gasteiger partial charge on any atom is 0.304 e. The number of hydrogen-bond acceptors (Lipinski definition) is 5. The molecule has 106 valence electrons. The minimum Gasteiger partial charge on any atom is -0.481 e. The Bertz CT molecular complexity index is 566. The van der Waals surface area contributed by atoms with Crippen molar-refractivity contribution >= 4 is 15.8 Å². The van der Waals surface area contributed by atoms with E-state index in [2.05, 4.69) is 4.98 Å². The van der Waals surface area contributed by atoms with E-state index in [4.69, 9.17) is 5.11 Å². The summed E-state index contributed by atoms with van der Waals surface area (Å²) < 4.78 is 25.1. The standard InChI is InChI=1S/C11H17N3O4S/c1-13-3-2-12-10(13)7-14-4-5-19(17,18)8-9(14)6-11(15)16/h2-3,9H,4-8H2,1H3,(H,15,16). The van der Waals surface area contributed by atoms with Crippen molar-refractivity contribution in [1.82, 2.24) is 14.5 Å². The van der Waals surface area contributed by atoms with Crippen molar-refractivity contribution in [2.75, 3.05) is 18.1 Å². The highest BCUT2D eigenvalue weighted by atomic mass is 32.2. The molecule has 2 rings (SSSR count). The number of carboxylic acids is 1. The molecule has 8 heteroatoms. The third-order valence-corrected chi connectivity index (χ3v) is 5.03. The highest BCUT2D eigenvalue weighted by Gasteiger charge is 2.33. The van der Waals surface area contributed by atoms with Gasteiger partial charge in [-0.2, -0.15) is 0 Å². The zero-order chi connectivity index (χ0) is 14.0. The van der Waals surface area contributed by atoms with E-state index in [1.165, 1.54) is 0 Å². The molecular formula is C11H17N3O4S. The second kappa shape index (κ2) is 5.30. The van der Waals surface area contributed by atoms with Gasteiger partial charge in [0.1, 0.15) is 5.82 Å². The Morgan fingerprint density at radius 1 is 1.58 bits per heavy atom. The topological polar surface area (TPSA) is 92.5 Å². The van der Waals surface area contributed by atoms with E-state index in [1.807, 2.05) is 22.7 Å². The number of hydrogen-bond donors (Lipinski definition) is 1. The van der Waals surface area contributed by atoms with Gasteiger partial charge in [-0.3, -0.25) is 9.69 Å². The van der Waals surface area contributed by atoms with Crippen LogP contribution in [0.25, 0.3) is 0 Å². The Morgan fingerprint density at radius 2 is 2.32 bits per heavy atom. The van der Waals surface area contributed by atoms with Crippen LogP contribution in [0.1, 0.15) is 12.2 Å². The summed E-state index contributed by atoms with van der Waals surface area (Å²) in [7, 11) is -1.28. The van der Waals surface area contributed by atoms with E-state index in [9.17, 15) is 13.2 Å². The Hall–Kier alpha value is -1.41. The third-order valence-electron chi connectivity index (χ3n) is 3.33. The number of carboxylic acid groups (broad SMARTS) is 1. The van der Waals surface area contributed by atoms with Crippen molar-refractivity contribution in [3.63, 3.8) is 0 Å². The molecule has 0 aliphatic carbocycles. The molecule has 1 aliphatic heterocycles. The van der Waals surface area contributed by atoms with Crippen molar-refractivity contribution in [1.29, 1.82) is 0 Å². The van der Waals surface area contributed by atoms with Crippen molar-refractivity contribution in [3.05, 3.63) is 18.2 Å². The number of aliphatic carboxylic acids is 1. The molecule has 1 atom stereocenters. The number of nitrogens with zero attached hydrogens (tertiary/aromatic N) is 3. The van der Waals surface area contributed by atoms with Gasteiger partial charge in [0, 0.05) is 32.0 Å². The van der Waals surface area contributed by atoms with Crippen LogP contribution in [0.4, 0.5) is 0 Å². The first-order chi connectivity index (χ1) is 8.87. The van der Waals surface area contributed by atoms with Crippen LogP contribution < -0.4 is 0 Å². The summed E-state index contributed by atoms with van der Waals surface area (Å²) in [6, 6.07) is -0.479. The molecule has 0 saturated carbocycles. The molecule has 7 nitrogen and oxygen atoms in total. The van der Waals surface area contributed by atoms with Crippen LogP contribution in [0.5, 0.6) is 0 Å². The normalized spacial score (nSPS) is 23.3. The summed E-state index contributed by atoms with van der Waals surface area (Å²) in [5.74, 6) is -0.196. The molecule has 1 aromatic rings. The molecule has 0 amide bonds. The zero-order valence-electron chi connectivity index (χ0n) is 10.7. The fraction of sp³-hybridized carbons (Fsp3) is 0.636. The van der Waals surface area contributed by atoms with Crippen LogP contribution in [0.3, 0.4) is 0 Å². The van der Waals surface area contributed by atoms with E-state index in [-0.39, 0.29) is 17.9 Å². The quantitative estimate of drug-likeness (QED) is 0.802. The van der Waals surface area contributed by atoms with Gasteiger partial charge in [-0.1, -0.05) is 0 Å². The highest BCUT2D eigenvalue weighted by Crippen LogP contribution is 2.17. The zero-order valence-corrected chi connectivity index (χ0v) is 11.5. The number of sulfone groups is 1. The predicted molar refractivity (Wildman–Crippen MR) is 68.3 cm³/mol. The number of aryl methyl sites for hydroxylation is 1. The van der Waals surface area contributed by atoms with Crippen LogP contribution in [0, 0.1) is 0 Å². The Balaban J connectivity index is 2.13. The van der Waals surface area contributed by atoms with E-state index >= 15 is 0 Å². The molecule has 2 heterocycles. The molecule has 1 saturated heterocycles. The van der Waals surface area contributed by atoms with Crippen molar-refractivity contribution in [2.45, 2.75) is 19.0 Å². The maximum atomic E-state index is 11.6. The monoisotopic (exact) mass is 287 g/mol. The number of aromatic nitrogens is 2. The third kappa shape index (κ3) is 3.54. The Morgan fingerprint density at radius 3 is 2.89 bits per heavy atom. The molecule has 0 spiro atoms.